The lowest BCUT2D eigenvalue weighted by molar-refractivity contribution is 0.273. The highest BCUT2D eigenvalue weighted by Crippen LogP contribution is 2.27. The number of thiophene rings is 1. The quantitative estimate of drug-likeness (QED) is 0.840. The van der Waals surface area contributed by atoms with Gasteiger partial charge in [-0.1, -0.05) is 27.7 Å². The monoisotopic (exact) mass is 304 g/mol. The summed E-state index contributed by atoms with van der Waals surface area (Å²) in [6.45, 7) is 9.22. The number of sulfonamides is 1. The van der Waals surface area contributed by atoms with Crippen molar-refractivity contribution in [1.29, 1.82) is 0 Å². The summed E-state index contributed by atoms with van der Waals surface area (Å²) in [5.74, 6) is 0. The van der Waals surface area contributed by atoms with E-state index in [-0.39, 0.29) is 5.41 Å². The van der Waals surface area contributed by atoms with Crippen LogP contribution in [0.4, 0.5) is 0 Å². The van der Waals surface area contributed by atoms with Gasteiger partial charge in [-0.15, -0.1) is 11.3 Å². The lowest BCUT2D eigenvalue weighted by Gasteiger charge is -2.29. The summed E-state index contributed by atoms with van der Waals surface area (Å²) in [5.41, 5.74) is 5.48. The minimum absolute atomic E-state index is 0.214. The van der Waals surface area contributed by atoms with Crippen molar-refractivity contribution >= 4 is 21.4 Å². The van der Waals surface area contributed by atoms with E-state index in [4.69, 9.17) is 5.73 Å². The van der Waals surface area contributed by atoms with E-state index in [1.807, 2.05) is 33.8 Å². The summed E-state index contributed by atoms with van der Waals surface area (Å²) >= 11 is 1.36. The van der Waals surface area contributed by atoms with Crippen LogP contribution < -0.4 is 5.73 Å². The van der Waals surface area contributed by atoms with Crippen molar-refractivity contribution in [2.45, 2.75) is 38.3 Å². The molecule has 1 heterocycles. The second-order valence-corrected chi connectivity index (χ2v) is 8.71. The van der Waals surface area contributed by atoms with Crippen LogP contribution in [0.15, 0.2) is 16.3 Å². The van der Waals surface area contributed by atoms with Gasteiger partial charge < -0.3 is 5.73 Å². The second kappa shape index (κ2) is 6.35. The molecule has 0 aliphatic rings. The largest absolute Gasteiger partial charge is 0.330 e. The first-order valence-electron chi connectivity index (χ1n) is 6.55. The third kappa shape index (κ3) is 4.02. The molecule has 0 atom stereocenters. The lowest BCUT2D eigenvalue weighted by atomic mass is 9.94. The normalized spacial score (nSPS) is 13.2. The number of nitrogens with two attached hydrogens (primary N) is 1. The van der Waals surface area contributed by atoms with Crippen LogP contribution in [0.1, 0.15) is 32.6 Å². The van der Waals surface area contributed by atoms with Gasteiger partial charge in [-0.25, -0.2) is 8.42 Å². The minimum Gasteiger partial charge on any atom is -0.330 e. The standard InChI is InChI=1S/C13H24N2O2S2/c1-5-11-7-8-12(18-11)19(16,17)15(6-2)10-13(3,4)9-14/h7-8H,5-6,9-10,14H2,1-4H3. The van der Waals surface area contributed by atoms with Gasteiger partial charge >= 0.3 is 0 Å². The first-order valence-corrected chi connectivity index (χ1v) is 8.81. The molecule has 0 aliphatic carbocycles. The van der Waals surface area contributed by atoms with Crippen LogP contribution in [0.5, 0.6) is 0 Å². The first-order chi connectivity index (χ1) is 8.76. The Balaban J connectivity index is 3.02. The van der Waals surface area contributed by atoms with Gasteiger partial charge in [-0.2, -0.15) is 4.31 Å². The highest BCUT2D eigenvalue weighted by atomic mass is 32.2. The van der Waals surface area contributed by atoms with Crippen molar-refractivity contribution in [3.05, 3.63) is 17.0 Å². The molecule has 6 heteroatoms. The molecule has 1 aromatic rings. The van der Waals surface area contributed by atoms with Gasteiger partial charge in [0.05, 0.1) is 0 Å². The average Bonchev–Trinajstić information content (AvgIpc) is 2.85. The molecular formula is C13H24N2O2S2. The van der Waals surface area contributed by atoms with E-state index in [0.29, 0.717) is 23.8 Å². The summed E-state index contributed by atoms with van der Waals surface area (Å²) < 4.78 is 27.1. The van der Waals surface area contributed by atoms with Gasteiger partial charge in [0, 0.05) is 18.0 Å². The van der Waals surface area contributed by atoms with E-state index < -0.39 is 10.0 Å². The fourth-order valence-electron chi connectivity index (χ4n) is 1.72. The van der Waals surface area contributed by atoms with E-state index in [1.165, 1.54) is 15.6 Å². The molecule has 1 rings (SSSR count). The molecular weight excluding hydrogens is 280 g/mol. The molecule has 0 spiro atoms. The van der Waals surface area contributed by atoms with Crippen molar-refractivity contribution in [1.82, 2.24) is 4.31 Å². The van der Waals surface area contributed by atoms with Crippen molar-refractivity contribution in [2.24, 2.45) is 11.1 Å². The van der Waals surface area contributed by atoms with Gasteiger partial charge in [0.1, 0.15) is 4.21 Å². The molecule has 0 saturated carbocycles. The van der Waals surface area contributed by atoms with Crippen LogP contribution in [-0.4, -0.2) is 32.4 Å². The molecule has 0 saturated heterocycles. The minimum atomic E-state index is -3.39. The van der Waals surface area contributed by atoms with Crippen LogP contribution in [0, 0.1) is 5.41 Å². The number of hydrogen-bond donors (Lipinski definition) is 1. The SMILES string of the molecule is CCc1ccc(S(=O)(=O)N(CC)CC(C)(C)CN)s1. The summed E-state index contributed by atoms with van der Waals surface area (Å²) in [7, 11) is -3.39. The van der Waals surface area contributed by atoms with Gasteiger partial charge in [-0.3, -0.25) is 0 Å². The molecule has 110 valence electrons. The van der Waals surface area contributed by atoms with Gasteiger partial charge in [-0.05, 0) is 30.5 Å². The van der Waals surface area contributed by atoms with E-state index >= 15 is 0 Å². The van der Waals surface area contributed by atoms with Crippen LogP contribution >= 0.6 is 11.3 Å². The Hall–Kier alpha value is -0.430. The number of nitrogens with zero attached hydrogens (tertiary/aromatic N) is 1. The van der Waals surface area contributed by atoms with Crippen molar-refractivity contribution in [3.63, 3.8) is 0 Å². The van der Waals surface area contributed by atoms with Crippen molar-refractivity contribution in [3.8, 4) is 0 Å². The summed E-state index contributed by atoms with van der Waals surface area (Å²) in [4.78, 5) is 1.09. The summed E-state index contributed by atoms with van der Waals surface area (Å²) in [6.07, 6.45) is 0.862. The van der Waals surface area contributed by atoms with Crippen molar-refractivity contribution in [2.75, 3.05) is 19.6 Å². The number of rotatable bonds is 7. The molecule has 0 fully saturated rings. The second-order valence-electron chi connectivity index (χ2n) is 5.37. The maximum atomic E-state index is 12.6. The van der Waals surface area contributed by atoms with Gasteiger partial charge in [0.15, 0.2) is 0 Å². The molecule has 4 nitrogen and oxygen atoms in total. The third-order valence-electron chi connectivity index (χ3n) is 3.09. The van der Waals surface area contributed by atoms with Crippen LogP contribution in [-0.2, 0) is 16.4 Å². The number of hydrogen-bond acceptors (Lipinski definition) is 4. The molecule has 0 amide bonds. The molecule has 0 aromatic carbocycles. The Labute approximate surface area is 120 Å². The smallest absolute Gasteiger partial charge is 0.252 e. The molecule has 0 aliphatic heterocycles. The highest BCUT2D eigenvalue weighted by molar-refractivity contribution is 7.91. The zero-order valence-corrected chi connectivity index (χ0v) is 13.8. The Morgan fingerprint density at radius 3 is 2.37 bits per heavy atom. The van der Waals surface area contributed by atoms with E-state index in [1.54, 1.807) is 6.07 Å². The Kier molecular flexibility index (Phi) is 5.55. The van der Waals surface area contributed by atoms with E-state index in [0.717, 1.165) is 11.3 Å². The molecule has 0 radical (unpaired) electrons. The zero-order chi connectivity index (χ0) is 14.7. The Morgan fingerprint density at radius 2 is 1.95 bits per heavy atom. The predicted octanol–water partition coefficient (Wildman–Crippen LogP) is 2.31. The van der Waals surface area contributed by atoms with E-state index in [9.17, 15) is 8.42 Å². The summed E-state index contributed by atoms with van der Waals surface area (Å²) in [6, 6.07) is 3.59. The topological polar surface area (TPSA) is 63.4 Å². The predicted molar refractivity (Wildman–Crippen MR) is 81.0 cm³/mol. The molecule has 1 aromatic heterocycles. The average molecular weight is 304 g/mol. The van der Waals surface area contributed by atoms with Gasteiger partial charge in [0.2, 0.25) is 0 Å². The van der Waals surface area contributed by atoms with Crippen LogP contribution in [0.2, 0.25) is 0 Å². The highest BCUT2D eigenvalue weighted by Gasteiger charge is 2.29. The lowest BCUT2D eigenvalue weighted by Crippen LogP contribution is -2.41. The molecule has 0 bridgehead atoms. The molecule has 2 N–H and O–H groups in total. The Morgan fingerprint density at radius 1 is 1.32 bits per heavy atom. The molecule has 0 unspecified atom stereocenters. The number of aryl methyl sites for hydroxylation is 1. The Bertz CT molecular complexity index is 506. The molecule has 19 heavy (non-hydrogen) atoms. The zero-order valence-electron chi connectivity index (χ0n) is 12.1. The van der Waals surface area contributed by atoms with Crippen LogP contribution in [0.3, 0.4) is 0 Å². The van der Waals surface area contributed by atoms with E-state index in [2.05, 4.69) is 0 Å². The fourth-order valence-corrected chi connectivity index (χ4v) is 4.81. The fraction of sp³-hybridized carbons (Fsp3) is 0.692. The maximum absolute atomic E-state index is 12.6. The summed E-state index contributed by atoms with van der Waals surface area (Å²) in [5, 5.41) is 0. The van der Waals surface area contributed by atoms with Gasteiger partial charge in [0.25, 0.3) is 10.0 Å². The first kappa shape index (κ1) is 16.6. The third-order valence-corrected chi connectivity index (χ3v) is 6.71. The van der Waals surface area contributed by atoms with Crippen molar-refractivity contribution < 1.29 is 8.42 Å². The maximum Gasteiger partial charge on any atom is 0.252 e. The van der Waals surface area contributed by atoms with Crippen LogP contribution in [0.25, 0.3) is 0 Å².